The number of alkyl halides is 1. The smallest absolute Gasteiger partial charge is 0.235 e. The van der Waals surface area contributed by atoms with Crippen LogP contribution in [0.4, 0.5) is 0 Å². The molecule has 0 aromatic heterocycles. The van der Waals surface area contributed by atoms with E-state index in [9.17, 15) is 4.79 Å². The van der Waals surface area contributed by atoms with Crippen LogP contribution in [0.15, 0.2) is 18.2 Å². The number of carbonyl (C=O) groups excluding carboxylic acids is 1. The lowest BCUT2D eigenvalue weighted by Crippen LogP contribution is -2.43. The van der Waals surface area contributed by atoms with Crippen molar-refractivity contribution in [3.63, 3.8) is 0 Å². The van der Waals surface area contributed by atoms with Gasteiger partial charge < -0.3 is 10.1 Å². The minimum Gasteiger partial charge on any atom is -0.491 e. The van der Waals surface area contributed by atoms with Gasteiger partial charge in [0.05, 0.1) is 6.04 Å². The maximum Gasteiger partial charge on any atom is 0.235 e. The standard InChI is InChI=1S/C14H18ClNO2/c1-9(2)12-5-3-4-10-6-11(8-18-14(10)12)16-13(17)7-15/h3-5,9,11H,6-8H2,1-2H3,(H,16,17). The first-order chi connectivity index (χ1) is 8.61. The molecule has 0 spiro atoms. The van der Waals surface area contributed by atoms with Crippen LogP contribution in [-0.4, -0.2) is 24.4 Å². The normalized spacial score (nSPS) is 18.1. The number of carbonyl (C=O) groups is 1. The SMILES string of the molecule is CC(C)c1cccc2c1OCC(NC(=O)CCl)C2. The Bertz CT molecular complexity index is 445. The van der Waals surface area contributed by atoms with E-state index in [2.05, 4.69) is 31.3 Å². The highest BCUT2D eigenvalue weighted by Gasteiger charge is 2.23. The number of hydrogen-bond donors (Lipinski definition) is 1. The van der Waals surface area contributed by atoms with Crippen LogP contribution >= 0.6 is 11.6 Å². The molecule has 0 saturated heterocycles. The fourth-order valence-corrected chi connectivity index (χ4v) is 2.34. The van der Waals surface area contributed by atoms with Crippen LogP contribution in [0.25, 0.3) is 0 Å². The van der Waals surface area contributed by atoms with Crippen molar-refractivity contribution in [2.75, 3.05) is 12.5 Å². The lowest BCUT2D eigenvalue weighted by Gasteiger charge is -2.28. The molecule has 1 atom stereocenters. The van der Waals surface area contributed by atoms with E-state index in [1.165, 1.54) is 5.56 Å². The van der Waals surface area contributed by atoms with Crippen LogP contribution in [0.3, 0.4) is 0 Å². The Morgan fingerprint density at radius 2 is 2.33 bits per heavy atom. The van der Waals surface area contributed by atoms with Gasteiger partial charge in [-0.25, -0.2) is 0 Å². The summed E-state index contributed by atoms with van der Waals surface area (Å²) in [5, 5.41) is 2.86. The Labute approximate surface area is 112 Å². The number of nitrogens with one attached hydrogen (secondary N) is 1. The van der Waals surface area contributed by atoms with Gasteiger partial charge in [-0.2, -0.15) is 0 Å². The second kappa shape index (κ2) is 5.61. The fraction of sp³-hybridized carbons (Fsp3) is 0.500. The number of para-hydroxylation sites is 1. The molecule has 2 rings (SSSR count). The van der Waals surface area contributed by atoms with Crippen molar-refractivity contribution in [2.45, 2.75) is 32.2 Å². The first-order valence-corrected chi connectivity index (χ1v) is 6.75. The number of halogens is 1. The molecule has 4 heteroatoms. The minimum atomic E-state index is -0.145. The zero-order valence-corrected chi connectivity index (χ0v) is 11.5. The number of benzene rings is 1. The third kappa shape index (κ3) is 2.78. The number of hydrogen-bond acceptors (Lipinski definition) is 2. The Hall–Kier alpha value is -1.22. The zero-order valence-electron chi connectivity index (χ0n) is 10.7. The Balaban J connectivity index is 2.15. The molecule has 0 bridgehead atoms. The predicted molar refractivity (Wildman–Crippen MR) is 72.4 cm³/mol. The Morgan fingerprint density at radius 1 is 1.56 bits per heavy atom. The van der Waals surface area contributed by atoms with E-state index >= 15 is 0 Å². The number of fused-ring (bicyclic) bond motifs is 1. The van der Waals surface area contributed by atoms with Crippen LogP contribution < -0.4 is 10.1 Å². The molecule has 3 nitrogen and oxygen atoms in total. The molecule has 0 radical (unpaired) electrons. The van der Waals surface area contributed by atoms with Gasteiger partial charge in [-0.05, 0) is 23.5 Å². The highest BCUT2D eigenvalue weighted by Crippen LogP contribution is 2.33. The van der Waals surface area contributed by atoms with Gasteiger partial charge in [0.2, 0.25) is 5.91 Å². The summed E-state index contributed by atoms with van der Waals surface area (Å²) in [6.07, 6.45) is 0.804. The molecule has 98 valence electrons. The maximum absolute atomic E-state index is 11.3. The quantitative estimate of drug-likeness (QED) is 0.855. The van der Waals surface area contributed by atoms with Crippen molar-refractivity contribution in [2.24, 2.45) is 0 Å². The lowest BCUT2D eigenvalue weighted by molar-refractivity contribution is -0.119. The van der Waals surface area contributed by atoms with Crippen LogP contribution in [0.1, 0.15) is 30.9 Å². The van der Waals surface area contributed by atoms with Gasteiger partial charge in [-0.1, -0.05) is 32.0 Å². The summed E-state index contributed by atoms with van der Waals surface area (Å²) in [5.41, 5.74) is 2.39. The molecule has 1 N–H and O–H groups in total. The maximum atomic E-state index is 11.3. The van der Waals surface area contributed by atoms with Crippen molar-refractivity contribution in [3.8, 4) is 5.75 Å². The van der Waals surface area contributed by atoms with Gasteiger partial charge in [0.1, 0.15) is 18.2 Å². The first-order valence-electron chi connectivity index (χ1n) is 6.21. The van der Waals surface area contributed by atoms with Crippen LogP contribution in [0.5, 0.6) is 5.75 Å². The predicted octanol–water partition coefficient (Wildman–Crippen LogP) is 2.47. The second-order valence-electron chi connectivity index (χ2n) is 4.90. The molecule has 18 heavy (non-hydrogen) atoms. The first kappa shape index (κ1) is 13.2. The van der Waals surface area contributed by atoms with Gasteiger partial charge in [0, 0.05) is 0 Å². The van der Waals surface area contributed by atoms with Crippen molar-refractivity contribution in [3.05, 3.63) is 29.3 Å². The third-order valence-corrected chi connectivity index (χ3v) is 3.37. The summed E-state index contributed by atoms with van der Waals surface area (Å²) in [6.45, 7) is 4.82. The van der Waals surface area contributed by atoms with Gasteiger partial charge in [-0.3, -0.25) is 4.79 Å². The average molecular weight is 268 g/mol. The summed E-state index contributed by atoms with van der Waals surface area (Å²) in [4.78, 5) is 11.3. The third-order valence-electron chi connectivity index (χ3n) is 3.13. The van der Waals surface area contributed by atoms with Crippen molar-refractivity contribution < 1.29 is 9.53 Å². The average Bonchev–Trinajstić information content (AvgIpc) is 2.37. The van der Waals surface area contributed by atoms with Gasteiger partial charge in [-0.15, -0.1) is 11.6 Å². The zero-order chi connectivity index (χ0) is 13.1. The summed E-state index contributed by atoms with van der Waals surface area (Å²) in [7, 11) is 0. The van der Waals surface area contributed by atoms with E-state index in [0.29, 0.717) is 12.5 Å². The molecule has 1 unspecified atom stereocenters. The number of rotatable bonds is 3. The topological polar surface area (TPSA) is 38.3 Å². The van der Waals surface area contributed by atoms with Crippen molar-refractivity contribution in [1.29, 1.82) is 0 Å². The van der Waals surface area contributed by atoms with E-state index in [1.807, 2.05) is 6.07 Å². The molecular formula is C14H18ClNO2. The largest absolute Gasteiger partial charge is 0.491 e. The highest BCUT2D eigenvalue weighted by atomic mass is 35.5. The highest BCUT2D eigenvalue weighted by molar-refractivity contribution is 6.27. The van der Waals surface area contributed by atoms with Gasteiger partial charge in [0.15, 0.2) is 0 Å². The van der Waals surface area contributed by atoms with E-state index in [4.69, 9.17) is 16.3 Å². The summed E-state index contributed by atoms with van der Waals surface area (Å²) < 4.78 is 5.82. The summed E-state index contributed by atoms with van der Waals surface area (Å²) >= 11 is 5.49. The van der Waals surface area contributed by atoms with E-state index in [1.54, 1.807) is 0 Å². The van der Waals surface area contributed by atoms with Crippen molar-refractivity contribution in [1.82, 2.24) is 5.32 Å². The molecule has 1 aromatic rings. The molecule has 1 amide bonds. The lowest BCUT2D eigenvalue weighted by atomic mass is 9.94. The van der Waals surface area contributed by atoms with Crippen LogP contribution in [-0.2, 0) is 11.2 Å². The molecule has 1 heterocycles. The molecule has 0 aliphatic carbocycles. The molecular weight excluding hydrogens is 250 g/mol. The molecule has 1 aromatic carbocycles. The van der Waals surface area contributed by atoms with Crippen LogP contribution in [0, 0.1) is 0 Å². The van der Waals surface area contributed by atoms with Crippen molar-refractivity contribution >= 4 is 17.5 Å². The molecule has 1 aliphatic rings. The van der Waals surface area contributed by atoms with E-state index in [-0.39, 0.29) is 17.8 Å². The Morgan fingerprint density at radius 3 is 3.00 bits per heavy atom. The van der Waals surface area contributed by atoms with E-state index in [0.717, 1.165) is 17.7 Å². The van der Waals surface area contributed by atoms with Gasteiger partial charge >= 0.3 is 0 Å². The van der Waals surface area contributed by atoms with Crippen LogP contribution in [0.2, 0.25) is 0 Å². The monoisotopic (exact) mass is 267 g/mol. The molecule has 0 fully saturated rings. The summed E-state index contributed by atoms with van der Waals surface area (Å²) in [5.74, 6) is 1.28. The number of ether oxygens (including phenoxy) is 1. The van der Waals surface area contributed by atoms with E-state index < -0.39 is 0 Å². The van der Waals surface area contributed by atoms with Gasteiger partial charge in [0.25, 0.3) is 0 Å². The summed E-state index contributed by atoms with van der Waals surface area (Å²) in [6, 6.07) is 6.22. The Kier molecular flexibility index (Phi) is 4.12. The fourth-order valence-electron chi connectivity index (χ4n) is 2.26. The molecule has 1 aliphatic heterocycles. The number of amides is 1. The second-order valence-corrected chi connectivity index (χ2v) is 5.17. The molecule has 0 saturated carbocycles. The minimum absolute atomic E-state index is 0.00457.